The van der Waals surface area contributed by atoms with Gasteiger partial charge in [-0.05, 0) is 34.8 Å². The van der Waals surface area contributed by atoms with E-state index in [0.717, 1.165) is 17.3 Å². The Kier molecular flexibility index (Phi) is 4.71. The zero-order valence-corrected chi connectivity index (χ0v) is 13.8. The summed E-state index contributed by atoms with van der Waals surface area (Å²) >= 11 is 3.27. The van der Waals surface area contributed by atoms with Gasteiger partial charge in [-0.25, -0.2) is 9.97 Å². The number of hydrogen-bond donors (Lipinski definition) is 0. The standard InChI is InChI=1S/C15H15BrN4O3/c16-12-7-17-15(18-8-12)23-13-4-2-5-19(10-13)14(21)11-3-1-6-20(22)9-11/h1,3,6-9,13H,2,4-5,10H2. The number of rotatable bonds is 3. The molecule has 3 rings (SSSR count). The lowest BCUT2D eigenvalue weighted by molar-refractivity contribution is -0.605. The molecule has 1 unspecified atom stereocenters. The van der Waals surface area contributed by atoms with Crippen LogP contribution in [-0.2, 0) is 0 Å². The van der Waals surface area contributed by atoms with Crippen molar-refractivity contribution >= 4 is 21.8 Å². The third kappa shape index (κ3) is 3.95. The first-order valence-electron chi connectivity index (χ1n) is 7.24. The lowest BCUT2D eigenvalue weighted by Crippen LogP contribution is -2.45. The van der Waals surface area contributed by atoms with Gasteiger partial charge in [-0.2, -0.15) is 4.73 Å². The lowest BCUT2D eigenvalue weighted by Gasteiger charge is -2.32. The second kappa shape index (κ2) is 6.91. The Morgan fingerprint density at radius 3 is 2.96 bits per heavy atom. The third-order valence-corrected chi connectivity index (χ3v) is 3.97. The van der Waals surface area contributed by atoms with Crippen LogP contribution in [0.2, 0.25) is 0 Å². The second-order valence-electron chi connectivity index (χ2n) is 5.27. The largest absolute Gasteiger partial charge is 0.619 e. The highest BCUT2D eigenvalue weighted by Gasteiger charge is 2.27. The number of likely N-dealkylation sites (tertiary alicyclic amines) is 1. The zero-order valence-electron chi connectivity index (χ0n) is 12.3. The van der Waals surface area contributed by atoms with Crippen LogP contribution in [0, 0.1) is 5.21 Å². The molecule has 0 saturated carbocycles. The van der Waals surface area contributed by atoms with Crippen LogP contribution >= 0.6 is 15.9 Å². The molecule has 0 radical (unpaired) electrons. The van der Waals surface area contributed by atoms with Gasteiger partial charge < -0.3 is 14.8 Å². The molecular weight excluding hydrogens is 364 g/mol. The normalized spacial score (nSPS) is 17.8. The Bertz CT molecular complexity index is 695. The lowest BCUT2D eigenvalue weighted by atomic mass is 10.1. The number of nitrogens with zero attached hydrogens (tertiary/aromatic N) is 4. The molecule has 2 aromatic rings. The molecule has 8 heteroatoms. The zero-order chi connectivity index (χ0) is 16.2. The van der Waals surface area contributed by atoms with Gasteiger partial charge in [-0.3, -0.25) is 4.79 Å². The molecule has 7 nitrogen and oxygen atoms in total. The predicted octanol–water partition coefficient (Wildman–Crippen LogP) is 1.56. The molecular formula is C15H15BrN4O3. The first-order valence-corrected chi connectivity index (χ1v) is 8.03. The summed E-state index contributed by atoms with van der Waals surface area (Å²) in [6.07, 6.45) is 7.37. The van der Waals surface area contributed by atoms with E-state index in [1.54, 1.807) is 29.4 Å². The van der Waals surface area contributed by atoms with Crippen LogP contribution in [0.25, 0.3) is 0 Å². The quantitative estimate of drug-likeness (QED) is 0.597. The van der Waals surface area contributed by atoms with Gasteiger partial charge >= 0.3 is 6.01 Å². The summed E-state index contributed by atoms with van der Waals surface area (Å²) in [6, 6.07) is 3.50. The molecule has 1 atom stereocenters. The molecule has 23 heavy (non-hydrogen) atoms. The van der Waals surface area contributed by atoms with Gasteiger partial charge in [0.1, 0.15) is 11.7 Å². The molecule has 1 aliphatic heterocycles. The summed E-state index contributed by atoms with van der Waals surface area (Å²) in [7, 11) is 0. The fourth-order valence-electron chi connectivity index (χ4n) is 2.49. The Morgan fingerprint density at radius 2 is 2.22 bits per heavy atom. The summed E-state index contributed by atoms with van der Waals surface area (Å²) in [5.74, 6) is -0.166. The van der Waals surface area contributed by atoms with Gasteiger partial charge in [0.2, 0.25) is 0 Å². The fourth-order valence-corrected chi connectivity index (χ4v) is 2.70. The van der Waals surface area contributed by atoms with Crippen molar-refractivity contribution in [2.24, 2.45) is 0 Å². The maximum absolute atomic E-state index is 12.5. The van der Waals surface area contributed by atoms with E-state index in [1.807, 2.05) is 0 Å². The van der Waals surface area contributed by atoms with Crippen molar-refractivity contribution in [1.82, 2.24) is 14.9 Å². The maximum atomic E-state index is 12.5. The van der Waals surface area contributed by atoms with E-state index in [1.165, 1.54) is 12.4 Å². The van der Waals surface area contributed by atoms with Crippen molar-refractivity contribution < 1.29 is 14.3 Å². The average Bonchev–Trinajstić information content (AvgIpc) is 2.56. The molecule has 2 aromatic heterocycles. The Labute approximate surface area is 141 Å². The van der Waals surface area contributed by atoms with Crippen LogP contribution in [0.4, 0.5) is 0 Å². The van der Waals surface area contributed by atoms with Crippen molar-refractivity contribution in [3.8, 4) is 6.01 Å². The van der Waals surface area contributed by atoms with Crippen molar-refractivity contribution in [3.63, 3.8) is 0 Å². The molecule has 0 aromatic carbocycles. The second-order valence-corrected chi connectivity index (χ2v) is 6.19. The minimum atomic E-state index is -0.166. The minimum Gasteiger partial charge on any atom is -0.619 e. The first kappa shape index (κ1) is 15.7. The number of piperidine rings is 1. The molecule has 0 aliphatic carbocycles. The summed E-state index contributed by atoms with van der Waals surface area (Å²) < 4.78 is 7.15. The highest BCUT2D eigenvalue weighted by molar-refractivity contribution is 9.10. The summed E-state index contributed by atoms with van der Waals surface area (Å²) in [6.45, 7) is 1.10. The van der Waals surface area contributed by atoms with E-state index in [-0.39, 0.29) is 12.0 Å². The number of carbonyl (C=O) groups is 1. The van der Waals surface area contributed by atoms with E-state index >= 15 is 0 Å². The van der Waals surface area contributed by atoms with Crippen LogP contribution in [0.1, 0.15) is 23.2 Å². The molecule has 0 N–H and O–H groups in total. The number of halogens is 1. The Morgan fingerprint density at radius 1 is 1.43 bits per heavy atom. The highest BCUT2D eigenvalue weighted by atomic mass is 79.9. The summed E-state index contributed by atoms with van der Waals surface area (Å²) in [5.41, 5.74) is 0.378. The Hall–Kier alpha value is -2.22. The van der Waals surface area contributed by atoms with E-state index in [9.17, 15) is 10.0 Å². The van der Waals surface area contributed by atoms with Gasteiger partial charge in [-0.15, -0.1) is 0 Å². The average molecular weight is 379 g/mol. The van der Waals surface area contributed by atoms with Gasteiger partial charge in [0.15, 0.2) is 12.4 Å². The molecule has 3 heterocycles. The SMILES string of the molecule is O=C(c1ccc[n+]([O-])c1)N1CCCC(Oc2ncc(Br)cn2)C1. The maximum Gasteiger partial charge on any atom is 0.316 e. The smallest absolute Gasteiger partial charge is 0.316 e. The molecule has 1 aliphatic rings. The highest BCUT2D eigenvalue weighted by Crippen LogP contribution is 2.18. The van der Waals surface area contributed by atoms with Crippen molar-refractivity contribution in [1.29, 1.82) is 0 Å². The number of pyridine rings is 1. The first-order chi connectivity index (χ1) is 11.1. The Balaban J connectivity index is 1.66. The molecule has 1 amide bonds. The van der Waals surface area contributed by atoms with Gasteiger partial charge in [0.25, 0.3) is 5.91 Å². The van der Waals surface area contributed by atoms with Gasteiger partial charge in [0.05, 0.1) is 11.0 Å². The summed E-state index contributed by atoms with van der Waals surface area (Å²) in [4.78, 5) is 22.3. The third-order valence-electron chi connectivity index (χ3n) is 3.56. The minimum absolute atomic E-state index is 0.156. The molecule has 1 fully saturated rings. The van der Waals surface area contributed by atoms with Gasteiger partial charge in [-0.1, -0.05) is 0 Å². The van der Waals surface area contributed by atoms with Crippen LogP contribution in [0.5, 0.6) is 6.01 Å². The topological polar surface area (TPSA) is 82.3 Å². The van der Waals surface area contributed by atoms with E-state index in [4.69, 9.17) is 4.74 Å². The number of ether oxygens (including phenoxy) is 1. The van der Waals surface area contributed by atoms with Gasteiger partial charge in [0, 0.05) is 25.0 Å². The van der Waals surface area contributed by atoms with Crippen molar-refractivity contribution in [2.75, 3.05) is 13.1 Å². The predicted molar refractivity (Wildman–Crippen MR) is 84.7 cm³/mol. The fraction of sp³-hybridized carbons (Fsp3) is 0.333. The van der Waals surface area contributed by atoms with Crippen LogP contribution in [0.3, 0.4) is 0 Å². The van der Waals surface area contributed by atoms with E-state index < -0.39 is 0 Å². The van der Waals surface area contributed by atoms with Crippen molar-refractivity contribution in [3.05, 3.63) is 52.2 Å². The number of hydrogen-bond acceptors (Lipinski definition) is 5. The molecule has 120 valence electrons. The van der Waals surface area contributed by atoms with Crippen LogP contribution in [-0.4, -0.2) is 40.0 Å². The van der Waals surface area contributed by atoms with Crippen LogP contribution < -0.4 is 9.47 Å². The number of carbonyl (C=O) groups excluding carboxylic acids is 1. The molecule has 0 spiro atoms. The van der Waals surface area contributed by atoms with Crippen molar-refractivity contribution in [2.45, 2.75) is 18.9 Å². The summed E-state index contributed by atoms with van der Waals surface area (Å²) in [5, 5.41) is 11.3. The number of amides is 1. The monoisotopic (exact) mass is 378 g/mol. The van der Waals surface area contributed by atoms with E-state index in [2.05, 4.69) is 25.9 Å². The van der Waals surface area contributed by atoms with Crippen LogP contribution in [0.15, 0.2) is 41.4 Å². The number of aromatic nitrogens is 3. The molecule has 1 saturated heterocycles. The molecule has 0 bridgehead atoms. The van der Waals surface area contributed by atoms with E-state index in [0.29, 0.717) is 29.4 Å².